The molecule has 170 valence electrons. The second-order valence-electron chi connectivity index (χ2n) is 8.79. The second-order valence-corrected chi connectivity index (χ2v) is 8.79. The summed E-state index contributed by atoms with van der Waals surface area (Å²) < 4.78 is 17.7. The van der Waals surface area contributed by atoms with Crippen LogP contribution in [0.15, 0.2) is 60.7 Å². The molecule has 0 fully saturated rings. The Bertz CT molecular complexity index is 1150. The zero-order chi connectivity index (χ0) is 22.6. The molecule has 4 heteroatoms. The molecule has 0 amide bonds. The van der Waals surface area contributed by atoms with Crippen molar-refractivity contribution < 1.29 is 14.2 Å². The molecule has 4 nitrogen and oxygen atoms in total. The van der Waals surface area contributed by atoms with Gasteiger partial charge in [-0.15, -0.1) is 0 Å². The lowest BCUT2D eigenvalue weighted by Crippen LogP contribution is -2.28. The molecule has 2 aliphatic rings. The first-order valence-electron chi connectivity index (χ1n) is 11.8. The van der Waals surface area contributed by atoms with Crippen LogP contribution in [-0.4, -0.2) is 20.3 Å². The molecule has 0 aromatic heterocycles. The van der Waals surface area contributed by atoms with Gasteiger partial charge in [-0.3, -0.25) is 0 Å². The van der Waals surface area contributed by atoms with Gasteiger partial charge >= 0.3 is 0 Å². The van der Waals surface area contributed by atoms with E-state index in [2.05, 4.69) is 60.8 Å². The number of methoxy groups -OCH3 is 1. The lowest BCUT2D eigenvalue weighted by Gasteiger charge is -2.26. The number of hydrogen-bond donors (Lipinski definition) is 1. The average molecular weight is 442 g/mol. The van der Waals surface area contributed by atoms with Crippen molar-refractivity contribution in [2.75, 3.05) is 20.3 Å². The van der Waals surface area contributed by atoms with Crippen LogP contribution in [-0.2, 0) is 19.4 Å². The molecule has 1 N–H and O–H groups in total. The largest absolute Gasteiger partial charge is 0.493 e. The van der Waals surface area contributed by atoms with Gasteiger partial charge in [-0.25, -0.2) is 0 Å². The fourth-order valence-corrected chi connectivity index (χ4v) is 4.67. The molecule has 5 rings (SSSR count). The number of hydrogen-bond acceptors (Lipinski definition) is 4. The molecular formula is C29H31NO3. The van der Waals surface area contributed by atoms with Crippen molar-refractivity contribution in [1.29, 1.82) is 0 Å². The summed E-state index contributed by atoms with van der Waals surface area (Å²) >= 11 is 0. The molecule has 0 aliphatic carbocycles. The Balaban J connectivity index is 1.38. The number of benzene rings is 3. The Kier molecular flexibility index (Phi) is 6.36. The third kappa shape index (κ3) is 4.76. The average Bonchev–Trinajstić information content (AvgIpc) is 2.86. The minimum Gasteiger partial charge on any atom is -0.493 e. The smallest absolute Gasteiger partial charge is 0.161 e. The van der Waals surface area contributed by atoms with Crippen molar-refractivity contribution >= 4 is 6.08 Å². The molecule has 2 aliphatic heterocycles. The highest BCUT2D eigenvalue weighted by molar-refractivity contribution is 5.60. The summed E-state index contributed by atoms with van der Waals surface area (Å²) in [7, 11) is 1.71. The van der Waals surface area contributed by atoms with Crippen LogP contribution in [0.5, 0.6) is 17.2 Å². The lowest BCUT2D eigenvalue weighted by atomic mass is 9.92. The van der Waals surface area contributed by atoms with E-state index in [0.717, 1.165) is 55.2 Å². The molecule has 3 aromatic rings. The maximum absolute atomic E-state index is 6.14. The van der Waals surface area contributed by atoms with E-state index in [9.17, 15) is 0 Å². The maximum atomic E-state index is 6.14. The summed E-state index contributed by atoms with van der Waals surface area (Å²) in [6.45, 7) is 4.44. The topological polar surface area (TPSA) is 39.7 Å². The predicted molar refractivity (Wildman–Crippen MR) is 132 cm³/mol. The van der Waals surface area contributed by atoms with Crippen LogP contribution in [0.1, 0.15) is 45.8 Å². The normalized spacial score (nSPS) is 17.2. The molecular weight excluding hydrogens is 410 g/mol. The van der Waals surface area contributed by atoms with Crippen molar-refractivity contribution in [3.63, 3.8) is 0 Å². The fraction of sp³-hybridized carbons (Fsp3) is 0.310. The van der Waals surface area contributed by atoms with Crippen LogP contribution in [0.3, 0.4) is 0 Å². The molecule has 1 atom stereocenters. The van der Waals surface area contributed by atoms with Crippen LogP contribution in [0.25, 0.3) is 6.08 Å². The zero-order valence-electron chi connectivity index (χ0n) is 19.4. The fourth-order valence-electron chi connectivity index (χ4n) is 4.67. The first-order valence-corrected chi connectivity index (χ1v) is 11.8. The minimum atomic E-state index is 0.137. The molecule has 1 unspecified atom stereocenters. The summed E-state index contributed by atoms with van der Waals surface area (Å²) in [6.07, 6.45) is 7.65. The minimum absolute atomic E-state index is 0.137. The van der Waals surface area contributed by atoms with E-state index in [-0.39, 0.29) is 6.04 Å². The molecule has 33 heavy (non-hydrogen) atoms. The first kappa shape index (κ1) is 21.6. The molecule has 2 heterocycles. The molecule has 0 saturated heterocycles. The molecule has 3 aromatic carbocycles. The van der Waals surface area contributed by atoms with Crippen LogP contribution in [0, 0.1) is 6.92 Å². The number of fused-ring (bicyclic) bond motifs is 2. The van der Waals surface area contributed by atoms with E-state index in [1.54, 1.807) is 7.11 Å². The highest BCUT2D eigenvalue weighted by atomic mass is 16.5. The Morgan fingerprint density at radius 3 is 2.76 bits per heavy atom. The van der Waals surface area contributed by atoms with Crippen LogP contribution >= 0.6 is 0 Å². The molecule has 0 spiro atoms. The predicted octanol–water partition coefficient (Wildman–Crippen LogP) is 5.81. The van der Waals surface area contributed by atoms with Gasteiger partial charge in [-0.05, 0) is 83.8 Å². The van der Waals surface area contributed by atoms with Gasteiger partial charge in [-0.2, -0.15) is 0 Å². The van der Waals surface area contributed by atoms with E-state index in [1.807, 2.05) is 18.2 Å². The highest BCUT2D eigenvalue weighted by Gasteiger charge is 2.21. The number of rotatable bonds is 6. The third-order valence-electron chi connectivity index (χ3n) is 6.52. The van der Waals surface area contributed by atoms with Crippen molar-refractivity contribution in [2.24, 2.45) is 0 Å². The van der Waals surface area contributed by atoms with Gasteiger partial charge < -0.3 is 19.5 Å². The summed E-state index contributed by atoms with van der Waals surface area (Å²) in [5.41, 5.74) is 7.51. The number of aryl methyl sites for hydroxylation is 2. The summed E-state index contributed by atoms with van der Waals surface area (Å²) in [5, 5.41) is 3.65. The monoisotopic (exact) mass is 441 g/mol. The SMILES string of the molecule is COc1cc2c(cc1OCc1ccccc1)CCNC2C=Cc1cc2c(cc1C)OCCC2. The van der Waals surface area contributed by atoms with Crippen LogP contribution < -0.4 is 19.5 Å². The lowest BCUT2D eigenvalue weighted by molar-refractivity contribution is 0.283. The van der Waals surface area contributed by atoms with E-state index >= 15 is 0 Å². The molecule has 0 bridgehead atoms. The van der Waals surface area contributed by atoms with Crippen molar-refractivity contribution in [3.05, 3.63) is 94.1 Å². The second kappa shape index (κ2) is 9.72. The van der Waals surface area contributed by atoms with Gasteiger partial charge in [0.05, 0.1) is 19.8 Å². The summed E-state index contributed by atoms with van der Waals surface area (Å²) in [5.74, 6) is 2.62. The Hall–Kier alpha value is -3.24. The van der Waals surface area contributed by atoms with Gasteiger partial charge in [0.25, 0.3) is 0 Å². The summed E-state index contributed by atoms with van der Waals surface area (Å²) in [6, 6.07) is 19.1. The molecule has 0 radical (unpaired) electrons. The first-order chi connectivity index (χ1) is 16.2. The maximum Gasteiger partial charge on any atom is 0.161 e. The van der Waals surface area contributed by atoms with E-state index in [1.165, 1.54) is 27.8 Å². The van der Waals surface area contributed by atoms with Gasteiger partial charge in [0, 0.05) is 6.54 Å². The third-order valence-corrected chi connectivity index (χ3v) is 6.52. The quantitative estimate of drug-likeness (QED) is 0.524. The van der Waals surface area contributed by atoms with Crippen LogP contribution in [0.4, 0.5) is 0 Å². The highest BCUT2D eigenvalue weighted by Crippen LogP contribution is 2.37. The van der Waals surface area contributed by atoms with Gasteiger partial charge in [0.1, 0.15) is 12.4 Å². The van der Waals surface area contributed by atoms with Gasteiger partial charge in [0.2, 0.25) is 0 Å². The number of ether oxygens (including phenoxy) is 3. The Labute approximate surface area is 196 Å². The van der Waals surface area contributed by atoms with E-state index < -0.39 is 0 Å². The zero-order valence-corrected chi connectivity index (χ0v) is 19.4. The Morgan fingerprint density at radius 1 is 1.03 bits per heavy atom. The standard InChI is InChI=1S/C29H31NO3/c1-20-15-27-24(9-6-14-32-27)16-22(20)10-11-26-25-18-28(31-2)29(17-23(25)12-13-30-26)33-19-21-7-4-3-5-8-21/h3-5,7-8,10-11,15-18,26,30H,6,9,12-14,19H2,1-2H3. The van der Waals surface area contributed by atoms with Crippen LogP contribution in [0.2, 0.25) is 0 Å². The molecule has 0 saturated carbocycles. The number of nitrogens with one attached hydrogen (secondary N) is 1. The van der Waals surface area contributed by atoms with E-state index in [4.69, 9.17) is 14.2 Å². The van der Waals surface area contributed by atoms with Gasteiger partial charge in [0.15, 0.2) is 11.5 Å². The van der Waals surface area contributed by atoms with Crippen molar-refractivity contribution in [1.82, 2.24) is 5.32 Å². The van der Waals surface area contributed by atoms with Crippen molar-refractivity contribution in [3.8, 4) is 17.2 Å². The van der Waals surface area contributed by atoms with Gasteiger partial charge in [-0.1, -0.05) is 42.5 Å². The summed E-state index contributed by atoms with van der Waals surface area (Å²) in [4.78, 5) is 0. The Morgan fingerprint density at radius 2 is 1.91 bits per heavy atom. The van der Waals surface area contributed by atoms with E-state index in [0.29, 0.717) is 6.61 Å². The van der Waals surface area contributed by atoms with Crippen molar-refractivity contribution in [2.45, 2.75) is 38.8 Å².